The molecule has 2 rings (SSSR count). The van der Waals surface area contributed by atoms with Gasteiger partial charge >= 0.3 is 6.09 Å². The van der Waals surface area contributed by atoms with Crippen molar-refractivity contribution in [2.24, 2.45) is 0 Å². The number of rotatable bonds is 3. The van der Waals surface area contributed by atoms with Gasteiger partial charge in [0.1, 0.15) is 22.1 Å². The van der Waals surface area contributed by atoms with E-state index < -0.39 is 5.60 Å². The third-order valence-corrected chi connectivity index (χ3v) is 3.29. The standard InChI is InChI=1S/C14H19BrN2O3/c1-14(2,3)20-13(18)17-9-6-11(7-9)19-10-4-5-12(15)16-8-10/h4-5,8-9,11H,6-7H2,1-3H3,(H,17,18)/t9-,11-. The van der Waals surface area contributed by atoms with Gasteiger partial charge in [0.25, 0.3) is 0 Å². The summed E-state index contributed by atoms with van der Waals surface area (Å²) in [4.78, 5) is 15.7. The SMILES string of the molecule is CC(C)(C)OC(=O)N[C@H]1C[C@H](Oc2ccc(Br)nc2)C1. The smallest absolute Gasteiger partial charge is 0.407 e. The molecule has 6 heteroatoms. The lowest BCUT2D eigenvalue weighted by atomic mass is 9.89. The molecule has 0 unspecified atom stereocenters. The third-order valence-electron chi connectivity index (χ3n) is 2.82. The molecule has 0 spiro atoms. The van der Waals surface area contributed by atoms with Gasteiger partial charge in [0, 0.05) is 18.9 Å². The highest BCUT2D eigenvalue weighted by Crippen LogP contribution is 2.26. The number of pyridine rings is 1. The highest BCUT2D eigenvalue weighted by atomic mass is 79.9. The van der Waals surface area contributed by atoms with Crippen molar-refractivity contribution in [2.75, 3.05) is 0 Å². The number of nitrogens with one attached hydrogen (secondary N) is 1. The largest absolute Gasteiger partial charge is 0.489 e. The van der Waals surface area contributed by atoms with E-state index in [0.717, 1.165) is 23.2 Å². The van der Waals surface area contributed by atoms with Crippen LogP contribution in [0.2, 0.25) is 0 Å². The Labute approximate surface area is 127 Å². The van der Waals surface area contributed by atoms with E-state index in [1.165, 1.54) is 0 Å². The lowest BCUT2D eigenvalue weighted by molar-refractivity contribution is 0.0362. The van der Waals surface area contributed by atoms with E-state index in [0.29, 0.717) is 0 Å². The first-order valence-electron chi connectivity index (χ1n) is 6.59. The van der Waals surface area contributed by atoms with Gasteiger partial charge in [0.05, 0.1) is 6.20 Å². The summed E-state index contributed by atoms with van der Waals surface area (Å²) in [6.45, 7) is 5.54. The van der Waals surface area contributed by atoms with E-state index in [1.54, 1.807) is 6.20 Å². The summed E-state index contributed by atoms with van der Waals surface area (Å²) < 4.78 is 11.7. The number of hydrogen-bond donors (Lipinski definition) is 1. The van der Waals surface area contributed by atoms with Crippen LogP contribution in [0.15, 0.2) is 22.9 Å². The van der Waals surface area contributed by atoms with Crippen LogP contribution in [0.3, 0.4) is 0 Å². The minimum Gasteiger partial charge on any atom is -0.489 e. The van der Waals surface area contributed by atoms with Crippen molar-refractivity contribution in [1.82, 2.24) is 10.3 Å². The van der Waals surface area contributed by atoms with Gasteiger partial charge in [-0.05, 0) is 48.8 Å². The number of carbonyl (C=O) groups is 1. The summed E-state index contributed by atoms with van der Waals surface area (Å²) >= 11 is 3.28. The predicted molar refractivity (Wildman–Crippen MR) is 78.7 cm³/mol. The Balaban J connectivity index is 1.70. The third kappa shape index (κ3) is 4.67. The maximum Gasteiger partial charge on any atom is 0.407 e. The van der Waals surface area contributed by atoms with Gasteiger partial charge in [0.2, 0.25) is 0 Å². The quantitative estimate of drug-likeness (QED) is 0.856. The number of alkyl carbamates (subject to hydrolysis) is 1. The van der Waals surface area contributed by atoms with Gasteiger partial charge in [-0.1, -0.05) is 0 Å². The monoisotopic (exact) mass is 342 g/mol. The predicted octanol–water partition coefficient (Wildman–Crippen LogP) is 3.28. The molecule has 5 nitrogen and oxygen atoms in total. The number of ether oxygens (including phenoxy) is 2. The number of nitrogens with zero attached hydrogens (tertiary/aromatic N) is 1. The molecule has 1 fully saturated rings. The van der Waals surface area contributed by atoms with E-state index >= 15 is 0 Å². The number of amides is 1. The van der Waals surface area contributed by atoms with Gasteiger partial charge < -0.3 is 14.8 Å². The van der Waals surface area contributed by atoms with Crippen molar-refractivity contribution in [2.45, 2.75) is 51.4 Å². The summed E-state index contributed by atoms with van der Waals surface area (Å²) in [6, 6.07) is 3.83. The number of aromatic nitrogens is 1. The second-order valence-electron chi connectivity index (χ2n) is 5.87. The van der Waals surface area contributed by atoms with Gasteiger partial charge in [-0.3, -0.25) is 0 Å². The van der Waals surface area contributed by atoms with E-state index in [4.69, 9.17) is 9.47 Å². The maximum absolute atomic E-state index is 11.6. The summed E-state index contributed by atoms with van der Waals surface area (Å²) in [7, 11) is 0. The van der Waals surface area contributed by atoms with Crippen LogP contribution in [-0.2, 0) is 4.74 Å². The Morgan fingerprint density at radius 2 is 2.10 bits per heavy atom. The molecule has 0 atom stereocenters. The average Bonchev–Trinajstić information content (AvgIpc) is 2.26. The summed E-state index contributed by atoms with van der Waals surface area (Å²) in [5.41, 5.74) is -0.465. The minimum absolute atomic E-state index is 0.123. The minimum atomic E-state index is -0.465. The van der Waals surface area contributed by atoms with E-state index in [9.17, 15) is 4.79 Å². The molecule has 0 aromatic carbocycles. The zero-order valence-corrected chi connectivity index (χ0v) is 13.4. The molecule has 110 valence electrons. The first kappa shape index (κ1) is 15.1. The fourth-order valence-electron chi connectivity index (χ4n) is 1.88. The molecule has 20 heavy (non-hydrogen) atoms. The van der Waals surface area contributed by atoms with Crippen LogP contribution in [0.5, 0.6) is 5.75 Å². The van der Waals surface area contributed by atoms with Crippen molar-refractivity contribution < 1.29 is 14.3 Å². The molecule has 1 aromatic heterocycles. The van der Waals surface area contributed by atoms with Crippen molar-refractivity contribution >= 4 is 22.0 Å². The molecular formula is C14H19BrN2O3. The van der Waals surface area contributed by atoms with Gasteiger partial charge in [0.15, 0.2) is 0 Å². The Kier molecular flexibility index (Phi) is 4.52. The normalized spacial score (nSPS) is 21.8. The Morgan fingerprint density at radius 3 is 2.65 bits per heavy atom. The van der Waals surface area contributed by atoms with Crippen molar-refractivity contribution in [1.29, 1.82) is 0 Å². The van der Waals surface area contributed by atoms with Crippen molar-refractivity contribution in [3.05, 3.63) is 22.9 Å². The second kappa shape index (κ2) is 5.99. The lowest BCUT2D eigenvalue weighted by Crippen LogP contribution is -2.50. The Bertz CT molecular complexity index is 464. The molecular weight excluding hydrogens is 324 g/mol. The number of hydrogen-bond acceptors (Lipinski definition) is 4. The van der Waals surface area contributed by atoms with Crippen molar-refractivity contribution in [3.63, 3.8) is 0 Å². The molecule has 1 N–H and O–H groups in total. The maximum atomic E-state index is 11.6. The first-order chi connectivity index (χ1) is 9.32. The molecule has 1 heterocycles. The van der Waals surface area contributed by atoms with Gasteiger partial charge in [-0.25, -0.2) is 9.78 Å². The van der Waals surface area contributed by atoms with E-state index in [1.807, 2.05) is 32.9 Å². The Hall–Kier alpha value is -1.30. The molecule has 1 aromatic rings. The summed E-state index contributed by atoms with van der Waals surface area (Å²) in [5, 5.41) is 2.83. The zero-order chi connectivity index (χ0) is 14.8. The highest BCUT2D eigenvalue weighted by molar-refractivity contribution is 9.10. The molecule has 1 saturated carbocycles. The van der Waals surface area contributed by atoms with Crippen LogP contribution in [0, 0.1) is 0 Å². The van der Waals surface area contributed by atoms with Crippen LogP contribution >= 0.6 is 15.9 Å². The molecule has 0 radical (unpaired) electrons. The molecule has 1 amide bonds. The van der Waals surface area contributed by atoms with Crippen molar-refractivity contribution in [3.8, 4) is 5.75 Å². The van der Waals surface area contributed by atoms with E-state index in [2.05, 4.69) is 26.2 Å². The molecule has 1 aliphatic carbocycles. The van der Waals surface area contributed by atoms with Gasteiger partial charge in [-0.2, -0.15) is 0 Å². The van der Waals surface area contributed by atoms with E-state index in [-0.39, 0.29) is 18.2 Å². The topological polar surface area (TPSA) is 60.5 Å². The lowest BCUT2D eigenvalue weighted by Gasteiger charge is -2.36. The molecule has 0 bridgehead atoms. The second-order valence-corrected chi connectivity index (χ2v) is 6.68. The fraction of sp³-hybridized carbons (Fsp3) is 0.571. The van der Waals surface area contributed by atoms with Crippen LogP contribution in [0.4, 0.5) is 4.79 Å². The van der Waals surface area contributed by atoms with Crippen LogP contribution in [-0.4, -0.2) is 28.8 Å². The fourth-order valence-corrected chi connectivity index (χ4v) is 2.11. The number of carbonyl (C=O) groups excluding carboxylic acids is 1. The summed E-state index contributed by atoms with van der Waals surface area (Å²) in [5.74, 6) is 0.744. The zero-order valence-electron chi connectivity index (χ0n) is 11.9. The Morgan fingerprint density at radius 1 is 1.40 bits per heavy atom. The highest BCUT2D eigenvalue weighted by Gasteiger charge is 2.33. The van der Waals surface area contributed by atoms with Gasteiger partial charge in [-0.15, -0.1) is 0 Å². The first-order valence-corrected chi connectivity index (χ1v) is 7.39. The van der Waals surface area contributed by atoms with Crippen LogP contribution in [0.25, 0.3) is 0 Å². The molecule has 1 aliphatic rings. The summed E-state index contributed by atoms with van der Waals surface area (Å²) in [6.07, 6.45) is 3.01. The molecule has 0 saturated heterocycles. The van der Waals surface area contributed by atoms with Crippen LogP contribution < -0.4 is 10.1 Å². The van der Waals surface area contributed by atoms with Crippen LogP contribution in [0.1, 0.15) is 33.6 Å². The number of halogens is 1. The average molecular weight is 343 g/mol. The molecule has 0 aliphatic heterocycles.